The van der Waals surface area contributed by atoms with Crippen molar-refractivity contribution in [2.45, 2.75) is 39.2 Å². The van der Waals surface area contributed by atoms with Gasteiger partial charge in [0.05, 0.1) is 0 Å². The Balaban J connectivity index is 1.93. The van der Waals surface area contributed by atoms with E-state index in [-0.39, 0.29) is 5.91 Å². The summed E-state index contributed by atoms with van der Waals surface area (Å²) in [6.07, 6.45) is 3.21. The fourth-order valence-electron chi connectivity index (χ4n) is 1.92. The molecule has 1 amide bonds. The summed E-state index contributed by atoms with van der Waals surface area (Å²) in [6.45, 7) is 9.14. The minimum Gasteiger partial charge on any atom is -0.355 e. The lowest BCUT2D eigenvalue weighted by Crippen LogP contribution is -2.35. The lowest BCUT2D eigenvalue weighted by atomic mass is 10.3. The normalized spacial score (nSPS) is 16.9. The molecule has 0 bridgehead atoms. The van der Waals surface area contributed by atoms with Gasteiger partial charge in [-0.3, -0.25) is 4.79 Å². The Morgan fingerprint density at radius 3 is 2.56 bits per heavy atom. The molecule has 0 aromatic rings. The molecule has 0 unspecified atom stereocenters. The third-order valence-electron chi connectivity index (χ3n) is 2.85. The molecule has 94 valence electrons. The molecule has 0 saturated carbocycles. The van der Waals surface area contributed by atoms with Crippen LogP contribution in [-0.2, 0) is 4.79 Å². The van der Waals surface area contributed by atoms with Crippen molar-refractivity contribution in [1.29, 1.82) is 0 Å². The van der Waals surface area contributed by atoms with Crippen LogP contribution >= 0.6 is 0 Å². The molecule has 0 atom stereocenters. The first-order chi connectivity index (χ1) is 7.68. The Labute approximate surface area is 98.8 Å². The molecule has 1 heterocycles. The molecule has 2 N–H and O–H groups in total. The van der Waals surface area contributed by atoms with Crippen molar-refractivity contribution in [2.24, 2.45) is 0 Å². The number of nitrogens with one attached hydrogen (secondary N) is 2. The van der Waals surface area contributed by atoms with Crippen molar-refractivity contribution < 1.29 is 4.79 Å². The van der Waals surface area contributed by atoms with Crippen molar-refractivity contribution in [3.05, 3.63) is 0 Å². The number of likely N-dealkylation sites (tertiary alicyclic amines) is 1. The first-order valence-corrected chi connectivity index (χ1v) is 6.41. The van der Waals surface area contributed by atoms with E-state index in [0.717, 1.165) is 19.6 Å². The molecular formula is C12H25N3O. The standard InChI is InChI=1S/C12H25N3O/c1-11(2)13-6-5-12(16)14-7-10-15-8-3-4-9-15/h11,13H,3-10H2,1-2H3,(H,14,16). The lowest BCUT2D eigenvalue weighted by molar-refractivity contribution is -0.121. The van der Waals surface area contributed by atoms with E-state index in [4.69, 9.17) is 0 Å². The van der Waals surface area contributed by atoms with E-state index in [9.17, 15) is 4.79 Å². The first kappa shape index (κ1) is 13.5. The van der Waals surface area contributed by atoms with E-state index in [1.165, 1.54) is 25.9 Å². The second-order valence-corrected chi connectivity index (χ2v) is 4.76. The van der Waals surface area contributed by atoms with Gasteiger partial charge in [-0.25, -0.2) is 0 Å². The number of nitrogens with zero attached hydrogens (tertiary/aromatic N) is 1. The Bertz CT molecular complexity index is 200. The molecule has 1 fully saturated rings. The minimum atomic E-state index is 0.160. The summed E-state index contributed by atoms with van der Waals surface area (Å²) in [5.41, 5.74) is 0. The smallest absolute Gasteiger partial charge is 0.221 e. The van der Waals surface area contributed by atoms with Gasteiger partial charge in [0.15, 0.2) is 0 Å². The summed E-state index contributed by atoms with van der Waals surface area (Å²) < 4.78 is 0. The zero-order valence-corrected chi connectivity index (χ0v) is 10.6. The van der Waals surface area contributed by atoms with Gasteiger partial charge in [0.2, 0.25) is 5.91 Å². The van der Waals surface area contributed by atoms with E-state index >= 15 is 0 Å². The van der Waals surface area contributed by atoms with Gasteiger partial charge in [-0.1, -0.05) is 13.8 Å². The zero-order chi connectivity index (χ0) is 11.8. The van der Waals surface area contributed by atoms with Gasteiger partial charge in [0.25, 0.3) is 0 Å². The molecule has 4 nitrogen and oxygen atoms in total. The van der Waals surface area contributed by atoms with Crippen LogP contribution in [0.1, 0.15) is 33.1 Å². The van der Waals surface area contributed by atoms with Crippen molar-refractivity contribution in [3.63, 3.8) is 0 Å². The quantitative estimate of drug-likeness (QED) is 0.669. The van der Waals surface area contributed by atoms with Gasteiger partial charge < -0.3 is 15.5 Å². The molecule has 0 radical (unpaired) electrons. The maximum atomic E-state index is 11.4. The van der Waals surface area contributed by atoms with Crippen LogP contribution in [0.4, 0.5) is 0 Å². The summed E-state index contributed by atoms with van der Waals surface area (Å²) in [6, 6.07) is 0.456. The Morgan fingerprint density at radius 2 is 1.94 bits per heavy atom. The van der Waals surface area contributed by atoms with Crippen LogP contribution in [-0.4, -0.2) is 49.6 Å². The van der Waals surface area contributed by atoms with E-state index in [0.29, 0.717) is 12.5 Å². The highest BCUT2D eigenvalue weighted by Gasteiger charge is 2.10. The average molecular weight is 227 g/mol. The number of amides is 1. The molecule has 0 aromatic carbocycles. The van der Waals surface area contributed by atoms with Crippen molar-refractivity contribution in [1.82, 2.24) is 15.5 Å². The maximum Gasteiger partial charge on any atom is 0.221 e. The Morgan fingerprint density at radius 1 is 1.25 bits per heavy atom. The van der Waals surface area contributed by atoms with E-state index < -0.39 is 0 Å². The van der Waals surface area contributed by atoms with Gasteiger partial charge in [-0.15, -0.1) is 0 Å². The predicted octanol–water partition coefficient (Wildman–Crippen LogP) is 0.587. The highest BCUT2D eigenvalue weighted by atomic mass is 16.1. The summed E-state index contributed by atoms with van der Waals surface area (Å²) in [4.78, 5) is 13.8. The third-order valence-corrected chi connectivity index (χ3v) is 2.85. The summed E-state index contributed by atoms with van der Waals surface area (Å²) in [7, 11) is 0. The van der Waals surface area contributed by atoms with Crippen LogP contribution in [0.15, 0.2) is 0 Å². The van der Waals surface area contributed by atoms with Gasteiger partial charge in [0, 0.05) is 32.1 Å². The highest BCUT2D eigenvalue weighted by Crippen LogP contribution is 2.05. The van der Waals surface area contributed by atoms with Gasteiger partial charge >= 0.3 is 0 Å². The van der Waals surface area contributed by atoms with E-state index in [1.54, 1.807) is 0 Å². The topological polar surface area (TPSA) is 44.4 Å². The van der Waals surface area contributed by atoms with Crippen LogP contribution < -0.4 is 10.6 Å². The predicted molar refractivity (Wildman–Crippen MR) is 66.4 cm³/mol. The molecule has 1 saturated heterocycles. The first-order valence-electron chi connectivity index (χ1n) is 6.41. The molecule has 16 heavy (non-hydrogen) atoms. The maximum absolute atomic E-state index is 11.4. The number of hydrogen-bond donors (Lipinski definition) is 2. The Hall–Kier alpha value is -0.610. The fourth-order valence-corrected chi connectivity index (χ4v) is 1.92. The summed E-state index contributed by atoms with van der Waals surface area (Å²) in [5.74, 6) is 0.160. The number of carbonyl (C=O) groups excluding carboxylic acids is 1. The second kappa shape index (κ2) is 7.63. The molecule has 0 aliphatic carbocycles. The highest BCUT2D eigenvalue weighted by molar-refractivity contribution is 5.76. The van der Waals surface area contributed by atoms with Crippen LogP contribution in [0.2, 0.25) is 0 Å². The zero-order valence-electron chi connectivity index (χ0n) is 10.6. The van der Waals surface area contributed by atoms with Crippen molar-refractivity contribution in [3.8, 4) is 0 Å². The number of rotatable bonds is 7. The van der Waals surface area contributed by atoms with Crippen molar-refractivity contribution >= 4 is 5.91 Å². The van der Waals surface area contributed by atoms with Crippen LogP contribution in [0.3, 0.4) is 0 Å². The summed E-state index contributed by atoms with van der Waals surface area (Å²) in [5, 5.41) is 6.20. The van der Waals surface area contributed by atoms with Crippen LogP contribution in [0.5, 0.6) is 0 Å². The van der Waals surface area contributed by atoms with Gasteiger partial charge in [-0.2, -0.15) is 0 Å². The molecule has 1 aliphatic rings. The van der Waals surface area contributed by atoms with Crippen molar-refractivity contribution in [2.75, 3.05) is 32.7 Å². The monoisotopic (exact) mass is 227 g/mol. The fraction of sp³-hybridized carbons (Fsp3) is 0.917. The third kappa shape index (κ3) is 6.08. The molecular weight excluding hydrogens is 202 g/mol. The SMILES string of the molecule is CC(C)NCCC(=O)NCCN1CCCC1. The molecule has 0 aromatic heterocycles. The number of carbonyl (C=O) groups is 1. The molecule has 1 rings (SSSR count). The van der Waals surface area contributed by atoms with E-state index in [1.807, 2.05) is 0 Å². The van der Waals surface area contributed by atoms with Crippen LogP contribution in [0, 0.1) is 0 Å². The van der Waals surface area contributed by atoms with E-state index in [2.05, 4.69) is 29.4 Å². The molecule has 0 spiro atoms. The number of hydrogen-bond acceptors (Lipinski definition) is 3. The summed E-state index contributed by atoms with van der Waals surface area (Å²) >= 11 is 0. The Kier molecular flexibility index (Phi) is 6.42. The molecule has 1 aliphatic heterocycles. The minimum absolute atomic E-state index is 0.160. The van der Waals surface area contributed by atoms with Gasteiger partial charge in [0.1, 0.15) is 0 Å². The molecule has 4 heteroatoms. The van der Waals surface area contributed by atoms with Gasteiger partial charge in [-0.05, 0) is 25.9 Å². The largest absolute Gasteiger partial charge is 0.355 e. The van der Waals surface area contributed by atoms with Crippen LogP contribution in [0.25, 0.3) is 0 Å². The second-order valence-electron chi connectivity index (χ2n) is 4.76. The lowest BCUT2D eigenvalue weighted by Gasteiger charge is -2.14. The average Bonchev–Trinajstić information content (AvgIpc) is 2.70.